The van der Waals surface area contributed by atoms with Crippen molar-refractivity contribution in [3.05, 3.63) is 35.4 Å². The largest absolute Gasteiger partial charge is 0.392 e. The van der Waals surface area contributed by atoms with Crippen molar-refractivity contribution < 1.29 is 9.90 Å². The highest BCUT2D eigenvalue weighted by atomic mass is 16.3. The number of carbonyl (C=O) groups excluding carboxylic acids is 1. The van der Waals surface area contributed by atoms with E-state index < -0.39 is 6.10 Å². The predicted octanol–water partition coefficient (Wildman–Crippen LogP) is 1.47. The zero-order valence-electron chi connectivity index (χ0n) is 11.4. The monoisotopic (exact) mass is 262 g/mol. The summed E-state index contributed by atoms with van der Waals surface area (Å²) in [5.41, 5.74) is 2.85. The van der Waals surface area contributed by atoms with Gasteiger partial charge in [-0.25, -0.2) is 4.79 Å². The minimum absolute atomic E-state index is 0.195. The Morgan fingerprint density at radius 3 is 2.84 bits per heavy atom. The molecule has 104 valence electrons. The Morgan fingerprint density at radius 1 is 1.37 bits per heavy atom. The molecule has 1 aliphatic carbocycles. The van der Waals surface area contributed by atoms with Crippen LogP contribution in [-0.4, -0.2) is 30.3 Å². The number of fused-ring (bicyclic) bond motifs is 1. The number of benzene rings is 1. The average molecular weight is 262 g/mol. The maximum Gasteiger partial charge on any atom is 0.314 e. The topological polar surface area (TPSA) is 61.4 Å². The highest BCUT2D eigenvalue weighted by Gasteiger charge is 2.18. The molecule has 1 aromatic rings. The lowest BCUT2D eigenvalue weighted by molar-refractivity contribution is 0.187. The number of aliphatic hydroxyl groups excluding tert-OH is 1. The highest BCUT2D eigenvalue weighted by Crippen LogP contribution is 2.24. The summed E-state index contributed by atoms with van der Waals surface area (Å²) in [6, 6.07) is 8.33. The minimum atomic E-state index is -0.507. The molecule has 0 aromatic heterocycles. The third kappa shape index (κ3) is 4.24. The zero-order chi connectivity index (χ0) is 13.7. The van der Waals surface area contributed by atoms with E-state index in [0.29, 0.717) is 19.0 Å². The Morgan fingerprint density at radius 2 is 2.11 bits per heavy atom. The maximum absolute atomic E-state index is 11.5. The molecule has 1 aliphatic rings. The lowest BCUT2D eigenvalue weighted by Gasteiger charge is -2.24. The van der Waals surface area contributed by atoms with E-state index in [9.17, 15) is 4.79 Å². The number of nitrogens with one attached hydrogen (secondary N) is 2. The Hall–Kier alpha value is -1.55. The second-order valence-corrected chi connectivity index (χ2v) is 5.32. The summed E-state index contributed by atoms with van der Waals surface area (Å²) in [6.07, 6.45) is 2.74. The van der Waals surface area contributed by atoms with Gasteiger partial charge >= 0.3 is 6.03 Å². The summed E-state index contributed by atoms with van der Waals surface area (Å²) in [5, 5.41) is 14.6. The summed E-state index contributed by atoms with van der Waals surface area (Å²) < 4.78 is 0. The molecule has 2 amide bonds. The first-order valence-corrected chi connectivity index (χ1v) is 6.91. The molecule has 1 aromatic carbocycles. The number of hydrogen-bond acceptors (Lipinski definition) is 2. The van der Waals surface area contributed by atoms with Crippen molar-refractivity contribution in [1.82, 2.24) is 10.6 Å². The first kappa shape index (κ1) is 13.9. The van der Waals surface area contributed by atoms with E-state index in [4.69, 9.17) is 5.11 Å². The number of hydrogen-bond donors (Lipinski definition) is 3. The molecule has 19 heavy (non-hydrogen) atoms. The molecular formula is C15H22N2O2. The summed E-state index contributed by atoms with van der Waals surface area (Å²) in [7, 11) is 0. The van der Waals surface area contributed by atoms with Crippen molar-refractivity contribution in [2.24, 2.45) is 5.92 Å². The van der Waals surface area contributed by atoms with Gasteiger partial charge in [0.05, 0.1) is 6.10 Å². The third-order valence-electron chi connectivity index (χ3n) is 3.56. The number of urea groups is 1. The standard InChI is InChI=1S/C15H22N2O2/c1-11(18)9-16-15(19)17-10-12-6-7-13-4-2-3-5-14(13)8-12/h2-5,11-12,18H,6-10H2,1H3,(H2,16,17,19)/t11-,12-/m1/s1. The molecule has 3 N–H and O–H groups in total. The van der Waals surface area contributed by atoms with Crippen LogP contribution in [0.3, 0.4) is 0 Å². The fraction of sp³-hybridized carbons (Fsp3) is 0.533. The molecule has 0 saturated carbocycles. The van der Waals surface area contributed by atoms with Crippen molar-refractivity contribution in [1.29, 1.82) is 0 Å². The van der Waals surface area contributed by atoms with Crippen molar-refractivity contribution >= 4 is 6.03 Å². The Kier molecular flexibility index (Phi) is 4.80. The molecule has 2 rings (SSSR count). The molecule has 0 fully saturated rings. The molecule has 0 spiro atoms. The Bertz CT molecular complexity index is 432. The number of amides is 2. The zero-order valence-corrected chi connectivity index (χ0v) is 11.4. The second-order valence-electron chi connectivity index (χ2n) is 5.32. The summed E-state index contributed by atoms with van der Waals surface area (Å²) in [5.74, 6) is 0.507. The molecule has 0 bridgehead atoms. The fourth-order valence-corrected chi connectivity index (χ4v) is 2.49. The maximum atomic E-state index is 11.5. The van der Waals surface area contributed by atoms with Crippen LogP contribution in [0.4, 0.5) is 4.79 Å². The van der Waals surface area contributed by atoms with E-state index in [2.05, 4.69) is 34.9 Å². The lowest BCUT2D eigenvalue weighted by Crippen LogP contribution is -2.41. The van der Waals surface area contributed by atoms with Gasteiger partial charge in [0.25, 0.3) is 0 Å². The van der Waals surface area contributed by atoms with Gasteiger partial charge in [-0.2, -0.15) is 0 Å². The SMILES string of the molecule is C[C@@H](O)CNC(=O)NC[C@@H]1CCc2ccccc2C1. The summed E-state index contributed by atoms with van der Waals surface area (Å²) in [6.45, 7) is 2.64. The van der Waals surface area contributed by atoms with Crippen LogP contribution in [0.15, 0.2) is 24.3 Å². The second kappa shape index (κ2) is 6.57. The van der Waals surface area contributed by atoms with Gasteiger partial charge in [-0.1, -0.05) is 24.3 Å². The predicted molar refractivity (Wildman–Crippen MR) is 75.0 cm³/mol. The molecule has 4 heteroatoms. The van der Waals surface area contributed by atoms with Crippen LogP contribution in [0.1, 0.15) is 24.5 Å². The Labute approximate surface area is 114 Å². The van der Waals surface area contributed by atoms with Crippen molar-refractivity contribution in [3.8, 4) is 0 Å². The minimum Gasteiger partial charge on any atom is -0.392 e. The smallest absolute Gasteiger partial charge is 0.314 e. The fourth-order valence-electron chi connectivity index (χ4n) is 2.49. The molecule has 0 saturated heterocycles. The van der Waals surface area contributed by atoms with Crippen LogP contribution in [0.25, 0.3) is 0 Å². The third-order valence-corrected chi connectivity index (χ3v) is 3.56. The molecule has 0 aliphatic heterocycles. The van der Waals surface area contributed by atoms with Gasteiger partial charge in [0.1, 0.15) is 0 Å². The van der Waals surface area contributed by atoms with Crippen LogP contribution in [-0.2, 0) is 12.8 Å². The first-order valence-electron chi connectivity index (χ1n) is 6.91. The van der Waals surface area contributed by atoms with Crippen LogP contribution < -0.4 is 10.6 Å². The highest BCUT2D eigenvalue weighted by molar-refractivity contribution is 5.73. The van der Waals surface area contributed by atoms with E-state index in [1.165, 1.54) is 11.1 Å². The van der Waals surface area contributed by atoms with Crippen molar-refractivity contribution in [2.75, 3.05) is 13.1 Å². The van der Waals surface area contributed by atoms with E-state index in [1.807, 2.05) is 0 Å². The number of aliphatic hydroxyl groups is 1. The molecule has 0 unspecified atom stereocenters. The van der Waals surface area contributed by atoms with Crippen molar-refractivity contribution in [2.45, 2.75) is 32.3 Å². The summed E-state index contributed by atoms with van der Waals surface area (Å²) >= 11 is 0. The van der Waals surface area contributed by atoms with E-state index in [1.54, 1.807) is 6.92 Å². The lowest BCUT2D eigenvalue weighted by atomic mass is 9.84. The van der Waals surface area contributed by atoms with Gasteiger partial charge in [0.2, 0.25) is 0 Å². The number of carbonyl (C=O) groups is 1. The van der Waals surface area contributed by atoms with Gasteiger partial charge in [0.15, 0.2) is 0 Å². The van der Waals surface area contributed by atoms with E-state index in [0.717, 1.165) is 19.3 Å². The normalized spacial score (nSPS) is 19.4. The molecule has 4 nitrogen and oxygen atoms in total. The van der Waals surface area contributed by atoms with Crippen LogP contribution in [0.2, 0.25) is 0 Å². The number of rotatable bonds is 4. The van der Waals surface area contributed by atoms with Gasteiger partial charge in [-0.15, -0.1) is 0 Å². The average Bonchev–Trinajstić information content (AvgIpc) is 2.42. The van der Waals surface area contributed by atoms with Gasteiger partial charge < -0.3 is 15.7 Å². The van der Waals surface area contributed by atoms with Gasteiger partial charge in [-0.05, 0) is 43.2 Å². The van der Waals surface area contributed by atoms with Crippen LogP contribution >= 0.6 is 0 Å². The molecule has 0 radical (unpaired) electrons. The number of aryl methyl sites for hydroxylation is 1. The Balaban J connectivity index is 1.75. The van der Waals surface area contributed by atoms with E-state index >= 15 is 0 Å². The summed E-state index contributed by atoms with van der Waals surface area (Å²) in [4.78, 5) is 11.5. The van der Waals surface area contributed by atoms with Crippen LogP contribution in [0.5, 0.6) is 0 Å². The quantitative estimate of drug-likeness (QED) is 0.769. The van der Waals surface area contributed by atoms with Gasteiger partial charge in [-0.3, -0.25) is 0 Å². The molecule has 0 heterocycles. The molecule has 2 atom stereocenters. The van der Waals surface area contributed by atoms with E-state index in [-0.39, 0.29) is 6.03 Å². The van der Waals surface area contributed by atoms with Crippen LogP contribution in [0, 0.1) is 5.92 Å². The van der Waals surface area contributed by atoms with Crippen molar-refractivity contribution in [3.63, 3.8) is 0 Å². The van der Waals surface area contributed by atoms with Gasteiger partial charge in [0, 0.05) is 13.1 Å². The molecular weight excluding hydrogens is 240 g/mol. The first-order chi connectivity index (χ1) is 9.15.